The fourth-order valence-corrected chi connectivity index (χ4v) is 2.68. The van der Waals surface area contributed by atoms with Gasteiger partial charge in [-0.15, -0.1) is 0 Å². The molecule has 2 aromatic rings. The lowest BCUT2D eigenvalue weighted by molar-refractivity contribution is -0.0231. The van der Waals surface area contributed by atoms with Gasteiger partial charge in [0.1, 0.15) is 17.6 Å². The van der Waals surface area contributed by atoms with E-state index in [1.165, 1.54) is 12.1 Å². The molecule has 1 aromatic heterocycles. The van der Waals surface area contributed by atoms with Crippen LogP contribution in [0, 0.1) is 19.7 Å². The predicted molar refractivity (Wildman–Crippen MR) is 85.3 cm³/mol. The van der Waals surface area contributed by atoms with Gasteiger partial charge < -0.3 is 9.64 Å². The maximum absolute atomic E-state index is 13.4. The van der Waals surface area contributed by atoms with E-state index in [0.717, 1.165) is 5.56 Å². The van der Waals surface area contributed by atoms with Crippen LogP contribution in [0.4, 0.5) is 4.39 Å². The number of aromatic amines is 1. The molecule has 1 fully saturated rings. The number of carbonyl (C=O) groups excluding carboxylic acids is 1. The number of carbonyl (C=O) groups is 1. The zero-order valence-corrected chi connectivity index (χ0v) is 13.5. The Kier molecular flexibility index (Phi) is 4.44. The maximum atomic E-state index is 13.4. The van der Waals surface area contributed by atoms with Gasteiger partial charge in [-0.25, -0.2) is 9.49 Å². The van der Waals surface area contributed by atoms with Gasteiger partial charge in [0.05, 0.1) is 13.2 Å². The fourth-order valence-electron chi connectivity index (χ4n) is 2.68. The number of hydrogen-bond donors (Lipinski definition) is 1. The van der Waals surface area contributed by atoms with Crippen LogP contribution in [0.2, 0.25) is 0 Å². The molecule has 0 bridgehead atoms. The molecule has 1 N–H and O–H groups in total. The van der Waals surface area contributed by atoms with E-state index in [9.17, 15) is 14.0 Å². The van der Waals surface area contributed by atoms with Gasteiger partial charge in [0.25, 0.3) is 11.5 Å². The number of rotatable bonds is 2. The van der Waals surface area contributed by atoms with E-state index in [4.69, 9.17) is 4.74 Å². The average molecular weight is 331 g/mol. The summed E-state index contributed by atoms with van der Waals surface area (Å²) < 4.78 is 19.1. The summed E-state index contributed by atoms with van der Waals surface area (Å²) in [7, 11) is 0. The summed E-state index contributed by atoms with van der Waals surface area (Å²) in [6, 6.07) is 6.29. The van der Waals surface area contributed by atoms with Gasteiger partial charge in [-0.1, -0.05) is 12.1 Å². The molecule has 0 aliphatic carbocycles. The Morgan fingerprint density at radius 2 is 2.12 bits per heavy atom. The largest absolute Gasteiger partial charge is 0.370 e. The van der Waals surface area contributed by atoms with Crippen LogP contribution in [-0.2, 0) is 4.74 Å². The van der Waals surface area contributed by atoms with Gasteiger partial charge >= 0.3 is 0 Å². The van der Waals surface area contributed by atoms with Crippen LogP contribution in [0.1, 0.15) is 33.3 Å². The first kappa shape index (κ1) is 16.3. The molecule has 0 spiro atoms. The van der Waals surface area contributed by atoms with Crippen molar-refractivity contribution < 1.29 is 13.9 Å². The highest BCUT2D eigenvalue weighted by Gasteiger charge is 2.27. The van der Waals surface area contributed by atoms with Crippen LogP contribution in [0.25, 0.3) is 0 Å². The highest BCUT2D eigenvalue weighted by Crippen LogP contribution is 2.24. The van der Waals surface area contributed by atoms with Crippen molar-refractivity contribution in [2.75, 3.05) is 19.7 Å². The summed E-state index contributed by atoms with van der Waals surface area (Å²) in [4.78, 5) is 25.6. The number of aromatic nitrogens is 2. The highest BCUT2D eigenvalue weighted by molar-refractivity contribution is 5.92. The Labute approximate surface area is 138 Å². The first-order chi connectivity index (χ1) is 11.5. The number of aryl methyl sites for hydroxylation is 2. The molecule has 0 saturated carbocycles. The number of morpholine rings is 1. The van der Waals surface area contributed by atoms with Crippen LogP contribution in [0.15, 0.2) is 29.1 Å². The molecular formula is C17H18FN3O3. The van der Waals surface area contributed by atoms with E-state index in [0.29, 0.717) is 30.8 Å². The third-order valence-electron chi connectivity index (χ3n) is 4.12. The third-order valence-corrected chi connectivity index (χ3v) is 4.12. The Hall–Kier alpha value is -2.54. The monoisotopic (exact) mass is 331 g/mol. The maximum Gasteiger partial charge on any atom is 0.274 e. The third kappa shape index (κ3) is 3.21. The van der Waals surface area contributed by atoms with E-state index in [1.54, 1.807) is 30.9 Å². The second kappa shape index (κ2) is 6.52. The average Bonchev–Trinajstić information content (AvgIpc) is 2.59. The minimum Gasteiger partial charge on any atom is -0.370 e. The van der Waals surface area contributed by atoms with Crippen LogP contribution < -0.4 is 5.56 Å². The molecular weight excluding hydrogens is 313 g/mol. The number of H-pyrrole nitrogens is 1. The molecule has 3 rings (SSSR count). The van der Waals surface area contributed by atoms with Crippen LogP contribution in [0.3, 0.4) is 0 Å². The van der Waals surface area contributed by atoms with Crippen molar-refractivity contribution in [3.63, 3.8) is 0 Å². The van der Waals surface area contributed by atoms with Gasteiger partial charge in [0.2, 0.25) is 0 Å². The molecule has 2 heterocycles. The Morgan fingerprint density at radius 1 is 1.33 bits per heavy atom. The van der Waals surface area contributed by atoms with Gasteiger partial charge in [-0.3, -0.25) is 9.59 Å². The molecule has 1 unspecified atom stereocenters. The lowest BCUT2D eigenvalue weighted by Gasteiger charge is -2.33. The van der Waals surface area contributed by atoms with E-state index in [1.807, 2.05) is 0 Å². The molecule has 0 radical (unpaired) electrons. The van der Waals surface area contributed by atoms with Crippen molar-refractivity contribution in [1.82, 2.24) is 15.1 Å². The van der Waals surface area contributed by atoms with Gasteiger partial charge in [-0.05, 0) is 37.1 Å². The van der Waals surface area contributed by atoms with Crippen molar-refractivity contribution in [3.05, 3.63) is 62.8 Å². The minimum atomic E-state index is -0.314. The second-order valence-corrected chi connectivity index (χ2v) is 5.88. The standard InChI is InChI=1S/C17H18FN3O3/c1-10-7-12(3-4-13(10)18)15-9-21(5-6-24-15)17(23)14-8-11(2)16(22)20-19-14/h3-4,7-8,15H,5-6,9H2,1-2H3,(H,20,22). The number of ether oxygens (including phenoxy) is 1. The van der Waals surface area contributed by atoms with Gasteiger partial charge in [0.15, 0.2) is 0 Å². The van der Waals surface area contributed by atoms with Crippen molar-refractivity contribution in [3.8, 4) is 0 Å². The van der Waals surface area contributed by atoms with Crippen LogP contribution in [-0.4, -0.2) is 40.7 Å². The van der Waals surface area contributed by atoms with Crippen LogP contribution in [0.5, 0.6) is 0 Å². The highest BCUT2D eigenvalue weighted by atomic mass is 19.1. The molecule has 7 heteroatoms. The number of nitrogens with zero attached hydrogens (tertiary/aromatic N) is 2. The second-order valence-electron chi connectivity index (χ2n) is 5.88. The Bertz CT molecular complexity index is 834. The first-order valence-corrected chi connectivity index (χ1v) is 7.69. The number of benzene rings is 1. The molecule has 24 heavy (non-hydrogen) atoms. The molecule has 6 nitrogen and oxygen atoms in total. The summed E-state index contributed by atoms with van der Waals surface area (Å²) >= 11 is 0. The molecule has 1 amide bonds. The summed E-state index contributed by atoms with van der Waals surface area (Å²) in [5.41, 5.74) is 1.69. The quantitative estimate of drug-likeness (QED) is 0.909. The summed E-state index contributed by atoms with van der Waals surface area (Å²) in [5.74, 6) is -0.531. The van der Waals surface area contributed by atoms with E-state index < -0.39 is 0 Å². The molecule has 1 aliphatic heterocycles. The molecule has 1 aliphatic rings. The molecule has 1 atom stereocenters. The molecule has 126 valence electrons. The minimum absolute atomic E-state index is 0.197. The van der Waals surface area contributed by atoms with Gasteiger partial charge in [-0.2, -0.15) is 5.10 Å². The van der Waals surface area contributed by atoms with Crippen molar-refractivity contribution >= 4 is 5.91 Å². The SMILES string of the molecule is Cc1cc(C2CN(C(=O)c3cc(C)c(=O)[nH]n3)CCO2)ccc1F. The van der Waals surface area contributed by atoms with E-state index in [2.05, 4.69) is 10.2 Å². The topological polar surface area (TPSA) is 75.3 Å². The number of hydrogen-bond acceptors (Lipinski definition) is 4. The van der Waals surface area contributed by atoms with Crippen molar-refractivity contribution in [2.45, 2.75) is 20.0 Å². The summed E-state index contributed by atoms with van der Waals surface area (Å²) in [5, 5.41) is 6.14. The smallest absolute Gasteiger partial charge is 0.274 e. The number of halogens is 1. The van der Waals surface area contributed by atoms with Crippen molar-refractivity contribution in [2.24, 2.45) is 0 Å². The lowest BCUT2D eigenvalue weighted by Crippen LogP contribution is -2.42. The first-order valence-electron chi connectivity index (χ1n) is 7.69. The Morgan fingerprint density at radius 3 is 2.83 bits per heavy atom. The van der Waals surface area contributed by atoms with Crippen LogP contribution >= 0.6 is 0 Å². The zero-order valence-electron chi connectivity index (χ0n) is 13.5. The zero-order chi connectivity index (χ0) is 17.3. The molecule has 1 saturated heterocycles. The molecule has 1 aromatic carbocycles. The number of amides is 1. The lowest BCUT2D eigenvalue weighted by atomic mass is 10.0. The normalized spacial score (nSPS) is 17.8. The van der Waals surface area contributed by atoms with Crippen molar-refractivity contribution in [1.29, 1.82) is 0 Å². The van der Waals surface area contributed by atoms with E-state index >= 15 is 0 Å². The summed E-state index contributed by atoms with van der Waals surface area (Å²) in [6.07, 6.45) is -0.314. The number of nitrogens with one attached hydrogen (secondary N) is 1. The summed E-state index contributed by atoms with van der Waals surface area (Å²) in [6.45, 7) is 4.49. The predicted octanol–water partition coefficient (Wildman–Crippen LogP) is 1.74. The van der Waals surface area contributed by atoms with Gasteiger partial charge in [0, 0.05) is 12.1 Å². The Balaban J connectivity index is 1.79. The fraction of sp³-hybridized carbons (Fsp3) is 0.353. The van der Waals surface area contributed by atoms with E-state index in [-0.39, 0.29) is 29.1 Å².